The molecule has 1 fully saturated rings. The largest absolute Gasteiger partial charge is 0.380 e. The van der Waals surface area contributed by atoms with Gasteiger partial charge in [0.1, 0.15) is 5.82 Å². The fourth-order valence-corrected chi connectivity index (χ4v) is 4.61. The maximum Gasteiger partial charge on any atom is 0.316 e. The Hall–Kier alpha value is -2.81. The highest BCUT2D eigenvalue weighted by Gasteiger charge is 2.16. The molecule has 0 radical (unpaired) electrons. The van der Waals surface area contributed by atoms with Crippen molar-refractivity contribution in [2.45, 2.75) is 19.9 Å². The summed E-state index contributed by atoms with van der Waals surface area (Å²) in [5.41, 5.74) is 9.17. The van der Waals surface area contributed by atoms with Crippen LogP contribution in [0, 0.1) is 6.92 Å². The van der Waals surface area contributed by atoms with Crippen molar-refractivity contribution in [3.05, 3.63) is 54.0 Å². The Bertz CT molecular complexity index is 1010. The van der Waals surface area contributed by atoms with Gasteiger partial charge in [-0.1, -0.05) is 24.3 Å². The van der Waals surface area contributed by atoms with Crippen molar-refractivity contribution < 1.29 is 9.53 Å². The maximum absolute atomic E-state index is 11.5. The number of nitrogens with zero attached hydrogens (tertiary/aromatic N) is 3. The number of nitrogens with two attached hydrogens (primary N) is 1. The molecule has 8 heteroatoms. The summed E-state index contributed by atoms with van der Waals surface area (Å²) in [5.74, 6) is 0.677. The quantitative estimate of drug-likeness (QED) is 0.649. The lowest BCUT2D eigenvalue weighted by Crippen LogP contribution is -2.25. The van der Waals surface area contributed by atoms with Crippen molar-refractivity contribution in [3.63, 3.8) is 0 Å². The van der Waals surface area contributed by atoms with Gasteiger partial charge in [0.2, 0.25) is 0 Å². The average molecular weight is 424 g/mol. The van der Waals surface area contributed by atoms with Gasteiger partial charge in [0.25, 0.3) is 0 Å². The second kappa shape index (κ2) is 9.34. The molecule has 0 bridgehead atoms. The first-order valence-corrected chi connectivity index (χ1v) is 10.8. The molecule has 2 aromatic heterocycles. The third-order valence-electron chi connectivity index (χ3n) is 4.96. The number of anilines is 1. The number of hydrogen-bond acceptors (Lipinski definition) is 6. The highest BCUT2D eigenvalue weighted by atomic mass is 32.1. The van der Waals surface area contributed by atoms with Gasteiger partial charge in [-0.25, -0.2) is 14.8 Å². The molecule has 1 aliphatic rings. The SMILES string of the molecule is Cc1nccc(-c2sc(-c3ccc(CN4CCCOCC4)cc3)cc2NC(N)=O)n1. The predicted molar refractivity (Wildman–Crippen MR) is 119 cm³/mol. The van der Waals surface area contributed by atoms with Gasteiger partial charge in [0.15, 0.2) is 0 Å². The number of amides is 2. The number of benzene rings is 1. The van der Waals surface area contributed by atoms with E-state index < -0.39 is 6.03 Å². The lowest BCUT2D eigenvalue weighted by Gasteiger charge is -2.19. The first-order chi connectivity index (χ1) is 14.6. The number of primary amides is 1. The van der Waals surface area contributed by atoms with Crippen molar-refractivity contribution in [1.82, 2.24) is 14.9 Å². The maximum atomic E-state index is 11.5. The summed E-state index contributed by atoms with van der Waals surface area (Å²) in [6.07, 6.45) is 2.79. The van der Waals surface area contributed by atoms with Gasteiger partial charge in [-0.3, -0.25) is 4.90 Å². The fourth-order valence-electron chi connectivity index (χ4n) is 3.52. The highest BCUT2D eigenvalue weighted by Crippen LogP contribution is 2.40. The third-order valence-corrected chi connectivity index (χ3v) is 6.16. The van der Waals surface area contributed by atoms with Crippen LogP contribution in [0.5, 0.6) is 0 Å². The van der Waals surface area contributed by atoms with Crippen LogP contribution < -0.4 is 11.1 Å². The number of carbonyl (C=O) groups is 1. The van der Waals surface area contributed by atoms with Crippen molar-refractivity contribution in [2.24, 2.45) is 5.73 Å². The fraction of sp³-hybridized carbons (Fsp3) is 0.318. The zero-order chi connectivity index (χ0) is 20.9. The molecule has 0 unspecified atom stereocenters. The normalized spacial score (nSPS) is 15.0. The molecule has 0 spiro atoms. The van der Waals surface area contributed by atoms with Crippen LogP contribution in [0.2, 0.25) is 0 Å². The zero-order valence-corrected chi connectivity index (χ0v) is 17.7. The van der Waals surface area contributed by atoms with Crippen molar-refractivity contribution in [3.8, 4) is 21.0 Å². The second-order valence-electron chi connectivity index (χ2n) is 7.27. The molecule has 1 saturated heterocycles. The molecule has 3 N–H and O–H groups in total. The second-order valence-corrected chi connectivity index (χ2v) is 8.32. The van der Waals surface area contributed by atoms with Gasteiger partial charge in [-0.15, -0.1) is 11.3 Å². The number of urea groups is 1. The molecule has 4 rings (SSSR count). The lowest BCUT2D eigenvalue weighted by molar-refractivity contribution is 0.140. The van der Waals surface area contributed by atoms with E-state index in [9.17, 15) is 4.79 Å². The van der Waals surface area contributed by atoms with Crippen LogP contribution in [0.3, 0.4) is 0 Å². The van der Waals surface area contributed by atoms with Crippen LogP contribution in [0.1, 0.15) is 17.8 Å². The summed E-state index contributed by atoms with van der Waals surface area (Å²) < 4.78 is 5.54. The minimum Gasteiger partial charge on any atom is -0.380 e. The first-order valence-electron chi connectivity index (χ1n) is 9.98. The van der Waals surface area contributed by atoms with Gasteiger partial charge in [0.05, 0.1) is 22.9 Å². The number of aryl methyl sites for hydroxylation is 1. The van der Waals surface area contributed by atoms with Gasteiger partial charge in [-0.2, -0.15) is 0 Å². The minimum atomic E-state index is -0.594. The first kappa shape index (κ1) is 20.5. The van der Waals surface area contributed by atoms with E-state index >= 15 is 0 Å². The summed E-state index contributed by atoms with van der Waals surface area (Å²) >= 11 is 1.57. The van der Waals surface area contributed by atoms with Gasteiger partial charge >= 0.3 is 6.03 Å². The highest BCUT2D eigenvalue weighted by molar-refractivity contribution is 7.19. The minimum absolute atomic E-state index is 0.594. The molecule has 0 aliphatic carbocycles. The molecule has 0 atom stereocenters. The zero-order valence-electron chi connectivity index (χ0n) is 16.9. The number of rotatable bonds is 5. The molecule has 30 heavy (non-hydrogen) atoms. The van der Waals surface area contributed by atoms with E-state index in [1.54, 1.807) is 17.5 Å². The molecule has 156 valence electrons. The number of nitrogens with one attached hydrogen (secondary N) is 1. The van der Waals surface area contributed by atoms with E-state index in [4.69, 9.17) is 10.5 Å². The monoisotopic (exact) mass is 423 g/mol. The Morgan fingerprint density at radius 1 is 1.23 bits per heavy atom. The number of thiophene rings is 1. The summed E-state index contributed by atoms with van der Waals surface area (Å²) in [4.78, 5) is 24.5. The molecule has 1 aromatic carbocycles. The smallest absolute Gasteiger partial charge is 0.316 e. The summed E-state index contributed by atoms with van der Waals surface area (Å²) in [6.45, 7) is 6.45. The van der Waals surface area contributed by atoms with Crippen molar-refractivity contribution >= 4 is 23.1 Å². The average Bonchev–Trinajstić information content (AvgIpc) is 2.96. The van der Waals surface area contributed by atoms with E-state index in [1.807, 2.05) is 19.1 Å². The number of carbonyl (C=O) groups excluding carboxylic acids is 1. The summed E-state index contributed by atoms with van der Waals surface area (Å²) in [5, 5.41) is 2.72. The van der Waals surface area contributed by atoms with E-state index in [1.165, 1.54) is 5.56 Å². The molecule has 1 aliphatic heterocycles. The molecular weight excluding hydrogens is 398 g/mol. The summed E-state index contributed by atoms with van der Waals surface area (Å²) in [7, 11) is 0. The van der Waals surface area contributed by atoms with Crippen molar-refractivity contribution in [2.75, 3.05) is 31.6 Å². The van der Waals surface area contributed by atoms with E-state index in [-0.39, 0.29) is 0 Å². The Balaban J connectivity index is 1.58. The van der Waals surface area contributed by atoms with Crippen LogP contribution in [0.4, 0.5) is 10.5 Å². The number of aromatic nitrogens is 2. The third kappa shape index (κ3) is 5.02. The van der Waals surface area contributed by atoms with E-state index in [0.717, 1.165) is 60.3 Å². The van der Waals surface area contributed by atoms with Crippen LogP contribution in [0.25, 0.3) is 21.0 Å². The van der Waals surface area contributed by atoms with Crippen molar-refractivity contribution in [1.29, 1.82) is 0 Å². The molecule has 7 nitrogen and oxygen atoms in total. The van der Waals surface area contributed by atoms with Crippen LogP contribution in [-0.2, 0) is 11.3 Å². The van der Waals surface area contributed by atoms with Gasteiger partial charge in [-0.05, 0) is 36.6 Å². The molecule has 0 saturated carbocycles. The number of ether oxygens (including phenoxy) is 1. The molecular formula is C22H25N5O2S. The Kier molecular flexibility index (Phi) is 6.37. The summed E-state index contributed by atoms with van der Waals surface area (Å²) in [6, 6.07) is 11.8. The Labute approximate surface area is 179 Å². The van der Waals surface area contributed by atoms with Crippen LogP contribution in [-0.4, -0.2) is 47.2 Å². The number of hydrogen-bond donors (Lipinski definition) is 2. The predicted octanol–water partition coefficient (Wildman–Crippen LogP) is 3.89. The lowest BCUT2D eigenvalue weighted by atomic mass is 10.1. The molecule has 3 aromatic rings. The van der Waals surface area contributed by atoms with Gasteiger partial charge < -0.3 is 15.8 Å². The van der Waals surface area contributed by atoms with Crippen LogP contribution in [0.15, 0.2) is 42.6 Å². The van der Waals surface area contributed by atoms with Crippen LogP contribution >= 0.6 is 11.3 Å². The Morgan fingerprint density at radius 2 is 2.07 bits per heavy atom. The molecule has 2 amide bonds. The standard InChI is InChI=1S/C22H25N5O2S/c1-15-24-8-7-18(25-15)21-19(26-22(23)28)13-20(30-21)17-5-3-16(4-6-17)14-27-9-2-11-29-12-10-27/h3-8,13H,2,9-12,14H2,1H3,(H3,23,26,28). The van der Waals surface area contributed by atoms with E-state index in [0.29, 0.717) is 11.5 Å². The van der Waals surface area contributed by atoms with Gasteiger partial charge in [0, 0.05) is 37.3 Å². The topological polar surface area (TPSA) is 93.4 Å². The van der Waals surface area contributed by atoms with E-state index in [2.05, 4.69) is 44.5 Å². The molecule has 3 heterocycles. The Morgan fingerprint density at radius 3 is 2.83 bits per heavy atom.